The van der Waals surface area contributed by atoms with Crippen LogP contribution >= 0.6 is 0 Å². The van der Waals surface area contributed by atoms with E-state index in [-0.39, 0.29) is 6.42 Å². The number of aromatic nitrogens is 5. The Balaban J connectivity index is 1.48. The molecule has 4 rings (SSSR count). The number of ether oxygens (including phenoxy) is 1. The molecule has 4 aromatic rings. The molecule has 0 atom stereocenters. The summed E-state index contributed by atoms with van der Waals surface area (Å²) in [5.41, 5.74) is 3.71. The second kappa shape index (κ2) is 8.55. The lowest BCUT2D eigenvalue weighted by Gasteiger charge is -2.13. The molecule has 148 valence electrons. The van der Waals surface area contributed by atoms with Crippen LogP contribution in [0.25, 0.3) is 11.0 Å². The lowest BCUT2D eigenvalue weighted by molar-refractivity contribution is -0.136. The summed E-state index contributed by atoms with van der Waals surface area (Å²) >= 11 is 0. The van der Waals surface area contributed by atoms with Crippen molar-refractivity contribution in [3.8, 4) is 5.75 Å². The summed E-state index contributed by atoms with van der Waals surface area (Å²) in [6.07, 6.45) is 4.11. The van der Waals surface area contributed by atoms with E-state index in [1.54, 1.807) is 10.9 Å². The number of carbonyl (C=O) groups is 1. The standard InChI is InChI=1S/C21H21N5O3/c27-21(28)9-8-17-7-6-16(15-25-11-3-10-22-25)14-20(17)29-13-12-26-19-5-2-1-4-18(19)23-24-26/h1-7,10-11,14H,8-9,12-13,15H2,(H,27,28). The molecule has 8 heteroatoms. The van der Waals surface area contributed by atoms with Crippen molar-refractivity contribution in [1.29, 1.82) is 0 Å². The van der Waals surface area contributed by atoms with Gasteiger partial charge < -0.3 is 9.84 Å². The Bertz CT molecular complexity index is 1100. The van der Waals surface area contributed by atoms with Gasteiger partial charge in [-0.2, -0.15) is 5.10 Å². The fourth-order valence-electron chi connectivity index (χ4n) is 3.19. The molecule has 1 N–H and O–H groups in total. The fraction of sp³-hybridized carbons (Fsp3) is 0.238. The Morgan fingerprint density at radius 2 is 2.03 bits per heavy atom. The zero-order chi connectivity index (χ0) is 20.1. The van der Waals surface area contributed by atoms with Gasteiger partial charge in [-0.3, -0.25) is 9.48 Å². The Kier molecular flexibility index (Phi) is 5.51. The highest BCUT2D eigenvalue weighted by Crippen LogP contribution is 2.23. The monoisotopic (exact) mass is 391 g/mol. The second-order valence-electron chi connectivity index (χ2n) is 6.69. The minimum absolute atomic E-state index is 0.0581. The molecule has 0 unspecified atom stereocenters. The van der Waals surface area contributed by atoms with Crippen molar-refractivity contribution in [2.75, 3.05) is 6.61 Å². The number of hydrogen-bond donors (Lipinski definition) is 1. The first-order valence-corrected chi connectivity index (χ1v) is 9.41. The van der Waals surface area contributed by atoms with Crippen molar-refractivity contribution in [3.63, 3.8) is 0 Å². The van der Waals surface area contributed by atoms with E-state index in [0.29, 0.717) is 31.9 Å². The number of carboxylic acids is 1. The third-order valence-electron chi connectivity index (χ3n) is 4.62. The Morgan fingerprint density at radius 3 is 2.86 bits per heavy atom. The van der Waals surface area contributed by atoms with Crippen LogP contribution in [0.15, 0.2) is 60.9 Å². The SMILES string of the molecule is O=C(O)CCc1ccc(Cn2cccn2)cc1OCCn1nnc2ccccc21. The minimum atomic E-state index is -0.828. The number of carboxylic acid groups (broad SMARTS) is 1. The number of rotatable bonds is 9. The first kappa shape index (κ1) is 18.7. The number of para-hydroxylation sites is 1. The smallest absolute Gasteiger partial charge is 0.303 e. The van der Waals surface area contributed by atoms with Gasteiger partial charge >= 0.3 is 5.97 Å². The fourth-order valence-corrected chi connectivity index (χ4v) is 3.19. The molecular formula is C21H21N5O3. The molecule has 8 nitrogen and oxygen atoms in total. The molecule has 0 aliphatic carbocycles. The van der Waals surface area contributed by atoms with Gasteiger partial charge in [0.05, 0.1) is 18.6 Å². The van der Waals surface area contributed by atoms with Gasteiger partial charge in [-0.05, 0) is 41.8 Å². The van der Waals surface area contributed by atoms with E-state index < -0.39 is 5.97 Å². The summed E-state index contributed by atoms with van der Waals surface area (Å²) in [6.45, 7) is 1.57. The number of aryl methyl sites for hydroxylation is 1. The Morgan fingerprint density at radius 1 is 1.14 bits per heavy atom. The van der Waals surface area contributed by atoms with Crippen LogP contribution in [0.3, 0.4) is 0 Å². The van der Waals surface area contributed by atoms with Crippen LogP contribution in [0.1, 0.15) is 17.5 Å². The van der Waals surface area contributed by atoms with E-state index in [9.17, 15) is 4.79 Å². The Hall–Kier alpha value is -3.68. The average Bonchev–Trinajstić information content (AvgIpc) is 3.37. The molecule has 0 aliphatic heterocycles. The maximum Gasteiger partial charge on any atom is 0.303 e. The van der Waals surface area contributed by atoms with E-state index in [1.165, 1.54) is 0 Å². The largest absolute Gasteiger partial charge is 0.491 e. The number of benzene rings is 2. The molecular weight excluding hydrogens is 370 g/mol. The van der Waals surface area contributed by atoms with Crippen molar-refractivity contribution in [2.24, 2.45) is 0 Å². The van der Waals surface area contributed by atoms with E-state index in [4.69, 9.17) is 9.84 Å². The van der Waals surface area contributed by atoms with E-state index in [0.717, 1.165) is 22.2 Å². The van der Waals surface area contributed by atoms with Gasteiger partial charge in [0.25, 0.3) is 0 Å². The zero-order valence-corrected chi connectivity index (χ0v) is 15.8. The quantitative estimate of drug-likeness (QED) is 0.471. The summed E-state index contributed by atoms with van der Waals surface area (Å²) < 4.78 is 9.68. The minimum Gasteiger partial charge on any atom is -0.491 e. The van der Waals surface area contributed by atoms with Gasteiger partial charge in [-0.1, -0.05) is 29.5 Å². The van der Waals surface area contributed by atoms with Crippen LogP contribution in [0.5, 0.6) is 5.75 Å². The van der Waals surface area contributed by atoms with E-state index in [1.807, 2.05) is 59.4 Å². The molecule has 29 heavy (non-hydrogen) atoms. The molecule has 2 aromatic carbocycles. The molecule has 0 radical (unpaired) electrons. The van der Waals surface area contributed by atoms with Crippen LogP contribution in [0.2, 0.25) is 0 Å². The average molecular weight is 391 g/mol. The lowest BCUT2D eigenvalue weighted by atomic mass is 10.1. The number of aliphatic carboxylic acids is 1. The van der Waals surface area contributed by atoms with Crippen molar-refractivity contribution in [2.45, 2.75) is 25.9 Å². The van der Waals surface area contributed by atoms with Crippen molar-refractivity contribution in [3.05, 3.63) is 72.1 Å². The summed E-state index contributed by atoms with van der Waals surface area (Å²) in [5, 5.41) is 21.6. The molecule has 0 amide bonds. The van der Waals surface area contributed by atoms with Crippen LogP contribution in [-0.2, 0) is 24.3 Å². The van der Waals surface area contributed by atoms with Crippen LogP contribution < -0.4 is 4.74 Å². The Labute approximate surface area is 167 Å². The van der Waals surface area contributed by atoms with Crippen molar-refractivity contribution >= 4 is 17.0 Å². The summed E-state index contributed by atoms with van der Waals surface area (Å²) in [4.78, 5) is 11.0. The molecule has 0 bridgehead atoms. The third kappa shape index (κ3) is 4.60. The number of nitrogens with zero attached hydrogens (tertiary/aromatic N) is 5. The predicted molar refractivity (Wildman–Crippen MR) is 107 cm³/mol. The maximum absolute atomic E-state index is 11.0. The number of fused-ring (bicyclic) bond motifs is 1. The van der Waals surface area contributed by atoms with E-state index in [2.05, 4.69) is 15.4 Å². The highest BCUT2D eigenvalue weighted by molar-refractivity contribution is 5.73. The highest BCUT2D eigenvalue weighted by atomic mass is 16.5. The zero-order valence-electron chi connectivity index (χ0n) is 15.8. The van der Waals surface area contributed by atoms with Crippen molar-refractivity contribution in [1.82, 2.24) is 24.8 Å². The molecule has 0 saturated carbocycles. The molecule has 2 aromatic heterocycles. The normalized spacial score (nSPS) is 11.0. The van der Waals surface area contributed by atoms with Gasteiger partial charge in [0.15, 0.2) is 0 Å². The lowest BCUT2D eigenvalue weighted by Crippen LogP contribution is -2.11. The number of hydrogen-bond acceptors (Lipinski definition) is 5. The predicted octanol–water partition coefficient (Wildman–Crippen LogP) is 2.77. The van der Waals surface area contributed by atoms with Crippen molar-refractivity contribution < 1.29 is 14.6 Å². The molecule has 2 heterocycles. The molecule has 0 fully saturated rings. The van der Waals surface area contributed by atoms with Gasteiger partial charge in [0.2, 0.25) is 0 Å². The highest BCUT2D eigenvalue weighted by Gasteiger charge is 2.10. The first-order chi connectivity index (χ1) is 14.2. The summed E-state index contributed by atoms with van der Waals surface area (Å²) in [5.74, 6) is -0.133. The summed E-state index contributed by atoms with van der Waals surface area (Å²) in [7, 11) is 0. The topological polar surface area (TPSA) is 95.1 Å². The molecule has 0 spiro atoms. The second-order valence-corrected chi connectivity index (χ2v) is 6.69. The molecule has 0 aliphatic rings. The van der Waals surface area contributed by atoms with E-state index >= 15 is 0 Å². The van der Waals surface area contributed by atoms with Crippen LogP contribution in [0, 0.1) is 0 Å². The first-order valence-electron chi connectivity index (χ1n) is 9.41. The third-order valence-corrected chi connectivity index (χ3v) is 4.62. The van der Waals surface area contributed by atoms with Gasteiger partial charge in [-0.25, -0.2) is 4.68 Å². The van der Waals surface area contributed by atoms with Gasteiger partial charge in [0.1, 0.15) is 17.9 Å². The van der Waals surface area contributed by atoms with Crippen LogP contribution in [0.4, 0.5) is 0 Å². The van der Waals surface area contributed by atoms with Gasteiger partial charge in [0, 0.05) is 18.8 Å². The summed E-state index contributed by atoms with van der Waals surface area (Å²) in [6, 6.07) is 15.5. The van der Waals surface area contributed by atoms with Gasteiger partial charge in [-0.15, -0.1) is 5.10 Å². The molecule has 0 saturated heterocycles. The van der Waals surface area contributed by atoms with Crippen LogP contribution in [-0.4, -0.2) is 42.5 Å². The maximum atomic E-state index is 11.0.